The topological polar surface area (TPSA) is 74.8 Å². The van der Waals surface area contributed by atoms with Crippen LogP contribution in [0.1, 0.15) is 15.9 Å². The molecule has 0 atom stereocenters. The van der Waals surface area contributed by atoms with Crippen LogP contribution in [0.25, 0.3) is 10.9 Å². The van der Waals surface area contributed by atoms with Gasteiger partial charge in [0.1, 0.15) is 5.56 Å². The molecule has 0 saturated carbocycles. The maximum atomic E-state index is 12.4. The first kappa shape index (κ1) is 14.3. The first-order valence-corrected chi connectivity index (χ1v) is 7.01. The third-order valence-electron chi connectivity index (χ3n) is 3.31. The highest BCUT2D eigenvalue weighted by molar-refractivity contribution is 6.35. The number of fused-ring (bicyclic) bond motifs is 1. The highest BCUT2D eigenvalue weighted by atomic mass is 35.5. The molecule has 2 heterocycles. The number of hydrogen-bond donors (Lipinski definition) is 2. The van der Waals surface area contributed by atoms with Gasteiger partial charge in [-0.15, -0.1) is 0 Å². The van der Waals surface area contributed by atoms with E-state index in [1.54, 1.807) is 42.7 Å². The van der Waals surface area contributed by atoms with Crippen molar-refractivity contribution in [1.29, 1.82) is 0 Å². The molecule has 0 saturated heterocycles. The molecular weight excluding hydrogens is 302 g/mol. The van der Waals surface area contributed by atoms with E-state index >= 15 is 0 Å². The summed E-state index contributed by atoms with van der Waals surface area (Å²) in [7, 11) is 0. The number of rotatable bonds is 3. The molecule has 0 fully saturated rings. The normalized spacial score (nSPS) is 10.6. The summed E-state index contributed by atoms with van der Waals surface area (Å²) in [5.41, 5.74) is 1.15. The number of pyridine rings is 2. The van der Waals surface area contributed by atoms with Gasteiger partial charge in [0, 0.05) is 30.5 Å². The average molecular weight is 314 g/mol. The molecule has 3 rings (SSSR count). The lowest BCUT2D eigenvalue weighted by molar-refractivity contribution is 0.0949. The molecule has 22 heavy (non-hydrogen) atoms. The Morgan fingerprint density at radius 2 is 2.00 bits per heavy atom. The number of benzene rings is 1. The summed E-state index contributed by atoms with van der Waals surface area (Å²) in [5, 5.41) is 3.55. The molecule has 1 aromatic carbocycles. The van der Waals surface area contributed by atoms with Crippen LogP contribution in [0.5, 0.6) is 0 Å². The minimum atomic E-state index is -0.431. The summed E-state index contributed by atoms with van der Waals surface area (Å²) < 4.78 is 0. The van der Waals surface area contributed by atoms with Crippen LogP contribution in [-0.4, -0.2) is 15.9 Å². The highest BCUT2D eigenvalue weighted by Gasteiger charge is 2.13. The summed E-state index contributed by atoms with van der Waals surface area (Å²) >= 11 is 6.03. The Bertz CT molecular complexity index is 891. The number of nitrogens with one attached hydrogen (secondary N) is 2. The van der Waals surface area contributed by atoms with Crippen LogP contribution < -0.4 is 10.7 Å². The van der Waals surface area contributed by atoms with Gasteiger partial charge >= 0.3 is 0 Å². The predicted molar refractivity (Wildman–Crippen MR) is 85.0 cm³/mol. The first-order valence-electron chi connectivity index (χ1n) is 6.64. The number of hydrogen-bond acceptors (Lipinski definition) is 3. The molecule has 5 nitrogen and oxygen atoms in total. The van der Waals surface area contributed by atoms with Crippen LogP contribution in [0.15, 0.2) is 53.7 Å². The minimum absolute atomic E-state index is 0.0591. The Labute approximate surface area is 131 Å². The molecule has 2 aromatic heterocycles. The molecule has 110 valence electrons. The Hall–Kier alpha value is -2.66. The second kappa shape index (κ2) is 5.99. The number of para-hydroxylation sites is 1. The number of carbonyl (C=O) groups is 1. The van der Waals surface area contributed by atoms with Gasteiger partial charge in [0.05, 0.1) is 10.5 Å². The number of H-pyrrole nitrogens is 1. The molecule has 3 aromatic rings. The number of nitrogens with zero attached hydrogens (tertiary/aromatic N) is 1. The van der Waals surface area contributed by atoms with Crippen molar-refractivity contribution in [2.24, 2.45) is 0 Å². The van der Waals surface area contributed by atoms with E-state index in [0.717, 1.165) is 5.56 Å². The summed E-state index contributed by atoms with van der Waals surface area (Å²) in [5.74, 6) is -0.431. The van der Waals surface area contributed by atoms with Crippen LogP contribution >= 0.6 is 11.6 Å². The second-order valence-corrected chi connectivity index (χ2v) is 5.14. The van der Waals surface area contributed by atoms with E-state index in [4.69, 9.17) is 11.6 Å². The van der Waals surface area contributed by atoms with Gasteiger partial charge in [-0.1, -0.05) is 17.7 Å². The zero-order chi connectivity index (χ0) is 15.5. The number of aromatic nitrogens is 2. The van der Waals surface area contributed by atoms with Crippen LogP contribution in [0.2, 0.25) is 5.02 Å². The van der Waals surface area contributed by atoms with Gasteiger partial charge in [0.2, 0.25) is 5.43 Å². The Morgan fingerprint density at radius 1 is 1.23 bits per heavy atom. The summed E-state index contributed by atoms with van der Waals surface area (Å²) in [6.07, 6.45) is 4.68. The predicted octanol–water partition coefficient (Wildman–Crippen LogP) is 2.51. The fraction of sp³-hybridized carbons (Fsp3) is 0.0625. The molecule has 0 aliphatic heterocycles. The highest BCUT2D eigenvalue weighted by Crippen LogP contribution is 2.18. The molecule has 1 amide bonds. The van der Waals surface area contributed by atoms with Crippen molar-refractivity contribution < 1.29 is 4.79 Å². The quantitative estimate of drug-likeness (QED) is 0.780. The van der Waals surface area contributed by atoms with Gasteiger partial charge in [-0.25, -0.2) is 0 Å². The Balaban J connectivity index is 1.88. The summed E-state index contributed by atoms with van der Waals surface area (Å²) in [6, 6.07) is 8.59. The van der Waals surface area contributed by atoms with E-state index in [-0.39, 0.29) is 11.0 Å². The van der Waals surface area contributed by atoms with Crippen molar-refractivity contribution >= 4 is 28.4 Å². The van der Waals surface area contributed by atoms with Gasteiger partial charge < -0.3 is 10.3 Å². The molecule has 0 bridgehead atoms. The smallest absolute Gasteiger partial charge is 0.257 e. The van der Waals surface area contributed by atoms with Gasteiger partial charge in [-0.2, -0.15) is 0 Å². The van der Waals surface area contributed by atoms with E-state index in [9.17, 15) is 9.59 Å². The Kier molecular flexibility index (Phi) is 3.89. The van der Waals surface area contributed by atoms with Crippen LogP contribution in [-0.2, 0) is 6.54 Å². The van der Waals surface area contributed by atoms with Crippen LogP contribution in [0, 0.1) is 0 Å². The van der Waals surface area contributed by atoms with Crippen molar-refractivity contribution in [2.75, 3.05) is 0 Å². The van der Waals surface area contributed by atoms with E-state index in [0.29, 0.717) is 22.5 Å². The lowest BCUT2D eigenvalue weighted by Gasteiger charge is -2.06. The van der Waals surface area contributed by atoms with E-state index < -0.39 is 5.91 Å². The van der Waals surface area contributed by atoms with Crippen molar-refractivity contribution in [3.63, 3.8) is 0 Å². The summed E-state index contributed by atoms with van der Waals surface area (Å²) in [6.45, 7) is 0.328. The fourth-order valence-electron chi connectivity index (χ4n) is 2.16. The zero-order valence-electron chi connectivity index (χ0n) is 11.5. The van der Waals surface area contributed by atoms with E-state index in [1.807, 2.05) is 0 Å². The monoisotopic (exact) mass is 313 g/mol. The molecular formula is C16H12ClN3O2. The van der Waals surface area contributed by atoms with Crippen molar-refractivity contribution in [3.8, 4) is 0 Å². The third-order valence-corrected chi connectivity index (χ3v) is 3.63. The minimum Gasteiger partial charge on any atom is -0.359 e. The van der Waals surface area contributed by atoms with Crippen molar-refractivity contribution in [3.05, 3.63) is 75.3 Å². The molecule has 0 radical (unpaired) electrons. The standard InChI is InChI=1S/C16H12ClN3O2/c17-13-3-1-2-11-14(13)19-9-12(15(11)21)16(22)20-8-10-4-6-18-7-5-10/h1-7,9H,8H2,(H,19,21)(H,20,22). The number of carbonyl (C=O) groups excluding carboxylic acids is 1. The van der Waals surface area contributed by atoms with E-state index in [2.05, 4.69) is 15.3 Å². The molecule has 6 heteroatoms. The van der Waals surface area contributed by atoms with Gasteiger partial charge in [-0.05, 0) is 29.8 Å². The molecule has 0 spiro atoms. The molecule has 0 unspecified atom stereocenters. The largest absolute Gasteiger partial charge is 0.359 e. The average Bonchev–Trinajstić information content (AvgIpc) is 2.55. The first-order chi connectivity index (χ1) is 10.7. The third kappa shape index (κ3) is 2.71. The Morgan fingerprint density at radius 3 is 2.77 bits per heavy atom. The maximum Gasteiger partial charge on any atom is 0.257 e. The summed E-state index contributed by atoms with van der Waals surface area (Å²) in [4.78, 5) is 31.4. The van der Waals surface area contributed by atoms with E-state index in [1.165, 1.54) is 6.20 Å². The van der Waals surface area contributed by atoms with Crippen LogP contribution in [0.3, 0.4) is 0 Å². The van der Waals surface area contributed by atoms with Crippen molar-refractivity contribution in [1.82, 2.24) is 15.3 Å². The van der Waals surface area contributed by atoms with Gasteiger partial charge in [0.15, 0.2) is 0 Å². The van der Waals surface area contributed by atoms with Gasteiger partial charge in [-0.3, -0.25) is 14.6 Å². The zero-order valence-corrected chi connectivity index (χ0v) is 12.2. The number of halogens is 1. The molecule has 2 N–H and O–H groups in total. The SMILES string of the molecule is O=C(NCc1ccncc1)c1c[nH]c2c(Cl)cccc2c1=O. The number of amides is 1. The second-order valence-electron chi connectivity index (χ2n) is 4.73. The maximum absolute atomic E-state index is 12.4. The molecule has 0 aliphatic carbocycles. The molecule has 0 aliphatic rings. The van der Waals surface area contributed by atoms with Gasteiger partial charge in [0.25, 0.3) is 5.91 Å². The lowest BCUT2D eigenvalue weighted by atomic mass is 10.1. The fourth-order valence-corrected chi connectivity index (χ4v) is 2.39. The van der Waals surface area contributed by atoms with Crippen molar-refractivity contribution in [2.45, 2.75) is 6.54 Å². The number of aromatic amines is 1. The lowest BCUT2D eigenvalue weighted by Crippen LogP contribution is -2.28. The van der Waals surface area contributed by atoms with Crippen LogP contribution in [0.4, 0.5) is 0 Å².